The number of hydrogen-bond donors (Lipinski definition) is 0. The van der Waals surface area contributed by atoms with Gasteiger partial charge in [0.05, 0.1) is 5.39 Å². The van der Waals surface area contributed by atoms with Crippen molar-refractivity contribution in [2.75, 3.05) is 17.3 Å². The molecule has 0 atom stereocenters. The van der Waals surface area contributed by atoms with E-state index in [1.807, 2.05) is 0 Å². The lowest BCUT2D eigenvalue weighted by Crippen LogP contribution is -2.39. The first-order valence-electron chi connectivity index (χ1n) is 7.33. The molecule has 0 N–H and O–H groups in total. The van der Waals surface area contributed by atoms with E-state index in [4.69, 9.17) is 11.6 Å². The van der Waals surface area contributed by atoms with Crippen LogP contribution in [0.4, 0.5) is 5.82 Å². The maximum Gasteiger partial charge on any atom is 0.141 e. The average molecular weight is 310 g/mol. The smallest absolute Gasteiger partial charge is 0.141 e. The Hall–Kier alpha value is -0.870. The van der Waals surface area contributed by atoms with Crippen LogP contribution in [0.2, 0.25) is 0 Å². The van der Waals surface area contributed by atoms with Gasteiger partial charge in [0.15, 0.2) is 0 Å². The number of aryl methyl sites for hydroxylation is 1. The van der Waals surface area contributed by atoms with Gasteiger partial charge in [-0.3, -0.25) is 0 Å². The van der Waals surface area contributed by atoms with E-state index in [2.05, 4.69) is 27.9 Å². The second-order valence-electron chi connectivity index (χ2n) is 5.45. The summed E-state index contributed by atoms with van der Waals surface area (Å²) in [4.78, 5) is 13.8. The number of alkyl halides is 1. The summed E-state index contributed by atoms with van der Waals surface area (Å²) in [7, 11) is 0. The number of rotatable bonds is 4. The van der Waals surface area contributed by atoms with Crippen molar-refractivity contribution in [3.63, 3.8) is 0 Å². The monoisotopic (exact) mass is 309 g/mol. The molecule has 0 amide bonds. The minimum Gasteiger partial charge on any atom is -0.352 e. The molecule has 5 heteroatoms. The second kappa shape index (κ2) is 6.27. The molecule has 0 aliphatic heterocycles. The number of nitrogens with zero attached hydrogens (tertiary/aromatic N) is 3. The number of thiophene rings is 1. The molecule has 3 rings (SSSR count). The zero-order valence-electron chi connectivity index (χ0n) is 11.8. The first-order chi connectivity index (χ1) is 9.79. The molecule has 1 saturated carbocycles. The van der Waals surface area contributed by atoms with Gasteiger partial charge in [-0.1, -0.05) is 19.3 Å². The minimum atomic E-state index is 0.584. The van der Waals surface area contributed by atoms with Crippen LogP contribution in [0.15, 0.2) is 12.4 Å². The molecule has 2 aromatic rings. The lowest BCUT2D eigenvalue weighted by Gasteiger charge is -2.35. The van der Waals surface area contributed by atoms with Crippen molar-refractivity contribution in [2.45, 2.75) is 45.1 Å². The number of hydrogen-bond acceptors (Lipinski definition) is 4. The van der Waals surface area contributed by atoms with Crippen LogP contribution >= 0.6 is 22.9 Å². The van der Waals surface area contributed by atoms with Crippen LogP contribution < -0.4 is 4.90 Å². The molecule has 0 unspecified atom stereocenters. The summed E-state index contributed by atoms with van der Waals surface area (Å²) in [5.41, 5.74) is 0. The second-order valence-corrected chi connectivity index (χ2v) is 7.06. The number of aromatic nitrogens is 2. The van der Waals surface area contributed by atoms with Gasteiger partial charge in [0.1, 0.15) is 17.0 Å². The van der Waals surface area contributed by atoms with E-state index in [1.165, 1.54) is 42.4 Å². The van der Waals surface area contributed by atoms with Gasteiger partial charge >= 0.3 is 0 Å². The highest BCUT2D eigenvalue weighted by atomic mass is 35.5. The standard InChI is InChI=1S/C15H20ClN3S/c1-11-9-13-14(17-10-18-15(13)20-11)19(8-7-16)12-5-3-2-4-6-12/h9-10,12H,2-8H2,1H3. The highest BCUT2D eigenvalue weighted by molar-refractivity contribution is 7.18. The maximum atomic E-state index is 6.04. The zero-order chi connectivity index (χ0) is 13.9. The van der Waals surface area contributed by atoms with Crippen LogP contribution in [0.3, 0.4) is 0 Å². The number of anilines is 1. The summed E-state index contributed by atoms with van der Waals surface area (Å²) in [5.74, 6) is 1.72. The summed E-state index contributed by atoms with van der Waals surface area (Å²) in [6, 6.07) is 2.79. The summed E-state index contributed by atoms with van der Waals surface area (Å²) < 4.78 is 0. The molecule has 1 aliphatic carbocycles. The van der Waals surface area contributed by atoms with Gasteiger partial charge < -0.3 is 4.90 Å². The first-order valence-corrected chi connectivity index (χ1v) is 8.68. The van der Waals surface area contributed by atoms with Crippen LogP contribution in [-0.4, -0.2) is 28.4 Å². The SMILES string of the molecule is Cc1cc2c(N(CCCl)C3CCCCC3)ncnc2s1. The van der Waals surface area contributed by atoms with Gasteiger partial charge in [-0.15, -0.1) is 22.9 Å². The molecule has 2 heterocycles. The lowest BCUT2D eigenvalue weighted by atomic mass is 9.94. The van der Waals surface area contributed by atoms with Crippen molar-refractivity contribution >= 4 is 39.0 Å². The molecule has 0 radical (unpaired) electrons. The average Bonchev–Trinajstić information content (AvgIpc) is 2.86. The van der Waals surface area contributed by atoms with E-state index in [0.717, 1.165) is 17.2 Å². The molecule has 20 heavy (non-hydrogen) atoms. The van der Waals surface area contributed by atoms with Gasteiger partial charge in [-0.2, -0.15) is 0 Å². The van der Waals surface area contributed by atoms with E-state index >= 15 is 0 Å². The Balaban J connectivity index is 1.99. The van der Waals surface area contributed by atoms with E-state index in [1.54, 1.807) is 17.7 Å². The molecular formula is C15H20ClN3S. The first kappa shape index (κ1) is 14.1. The van der Waals surface area contributed by atoms with Gasteiger partial charge in [0.2, 0.25) is 0 Å². The fourth-order valence-electron chi connectivity index (χ4n) is 3.14. The predicted molar refractivity (Wildman–Crippen MR) is 87.1 cm³/mol. The third kappa shape index (κ3) is 2.77. The number of fused-ring (bicyclic) bond motifs is 1. The summed E-state index contributed by atoms with van der Waals surface area (Å²) in [6.07, 6.45) is 8.21. The van der Waals surface area contributed by atoms with Crippen molar-refractivity contribution in [2.24, 2.45) is 0 Å². The Morgan fingerprint density at radius 2 is 2.10 bits per heavy atom. The van der Waals surface area contributed by atoms with Crippen molar-refractivity contribution in [1.29, 1.82) is 0 Å². The summed E-state index contributed by atoms with van der Waals surface area (Å²) in [5, 5.41) is 1.19. The highest BCUT2D eigenvalue weighted by Gasteiger charge is 2.24. The van der Waals surface area contributed by atoms with Crippen LogP contribution in [0.25, 0.3) is 10.2 Å². The zero-order valence-corrected chi connectivity index (χ0v) is 13.4. The molecule has 0 bridgehead atoms. The molecule has 1 aliphatic rings. The quantitative estimate of drug-likeness (QED) is 0.785. The van der Waals surface area contributed by atoms with Gasteiger partial charge in [-0.25, -0.2) is 9.97 Å². The lowest BCUT2D eigenvalue weighted by molar-refractivity contribution is 0.417. The Labute approximate surface area is 129 Å². The fourth-order valence-corrected chi connectivity index (χ4v) is 4.16. The normalized spacial score (nSPS) is 16.7. The Morgan fingerprint density at radius 1 is 1.30 bits per heavy atom. The molecule has 0 spiro atoms. The van der Waals surface area contributed by atoms with E-state index in [-0.39, 0.29) is 0 Å². The Morgan fingerprint density at radius 3 is 2.85 bits per heavy atom. The highest BCUT2D eigenvalue weighted by Crippen LogP contribution is 2.33. The van der Waals surface area contributed by atoms with Crippen LogP contribution in [0.1, 0.15) is 37.0 Å². The fraction of sp³-hybridized carbons (Fsp3) is 0.600. The van der Waals surface area contributed by atoms with Crippen LogP contribution in [0.5, 0.6) is 0 Å². The molecule has 108 valence electrons. The Bertz CT molecular complexity index is 578. The van der Waals surface area contributed by atoms with Crippen molar-refractivity contribution in [1.82, 2.24) is 9.97 Å². The largest absolute Gasteiger partial charge is 0.352 e. The van der Waals surface area contributed by atoms with Crippen molar-refractivity contribution in [3.8, 4) is 0 Å². The van der Waals surface area contributed by atoms with E-state index in [9.17, 15) is 0 Å². The molecular weight excluding hydrogens is 290 g/mol. The van der Waals surface area contributed by atoms with Crippen LogP contribution in [-0.2, 0) is 0 Å². The molecule has 0 aromatic carbocycles. The molecule has 0 saturated heterocycles. The van der Waals surface area contributed by atoms with Crippen molar-refractivity contribution < 1.29 is 0 Å². The number of halogens is 1. The minimum absolute atomic E-state index is 0.584. The van der Waals surface area contributed by atoms with Crippen molar-refractivity contribution in [3.05, 3.63) is 17.3 Å². The summed E-state index contributed by atoms with van der Waals surface area (Å²) >= 11 is 7.78. The van der Waals surface area contributed by atoms with Gasteiger partial charge in [0, 0.05) is 23.3 Å². The topological polar surface area (TPSA) is 29.0 Å². The van der Waals surface area contributed by atoms with E-state index in [0.29, 0.717) is 11.9 Å². The third-order valence-electron chi connectivity index (χ3n) is 4.04. The van der Waals surface area contributed by atoms with E-state index < -0.39 is 0 Å². The third-order valence-corrected chi connectivity index (χ3v) is 5.17. The van der Waals surface area contributed by atoms with Crippen LogP contribution in [0, 0.1) is 6.92 Å². The van der Waals surface area contributed by atoms with Gasteiger partial charge in [0.25, 0.3) is 0 Å². The predicted octanol–water partition coefficient (Wildman–Crippen LogP) is 4.38. The maximum absolute atomic E-state index is 6.04. The van der Waals surface area contributed by atoms with Gasteiger partial charge in [-0.05, 0) is 25.8 Å². The molecule has 2 aromatic heterocycles. The Kier molecular flexibility index (Phi) is 4.41. The summed E-state index contributed by atoms with van der Waals surface area (Å²) in [6.45, 7) is 3.00. The molecule has 1 fully saturated rings. The molecule has 3 nitrogen and oxygen atoms in total.